The fourth-order valence-corrected chi connectivity index (χ4v) is 1.91. The van der Waals surface area contributed by atoms with Crippen molar-refractivity contribution in [1.82, 2.24) is 4.98 Å². The number of para-hydroxylation sites is 1. The first-order chi connectivity index (χ1) is 7.66. The summed E-state index contributed by atoms with van der Waals surface area (Å²) < 4.78 is 1.14. The van der Waals surface area contributed by atoms with Gasteiger partial charge in [-0.2, -0.15) is 0 Å². The standard InChI is InChI=1S/C12H12IN3/c1-8-6-10(14)12(15-7-8)16-11-5-3-2-4-9(11)13/h2-7H,14H2,1H3,(H,15,16). The summed E-state index contributed by atoms with van der Waals surface area (Å²) in [5.74, 6) is 0.703. The van der Waals surface area contributed by atoms with Gasteiger partial charge in [0.15, 0.2) is 5.82 Å². The molecule has 0 unspecified atom stereocenters. The molecule has 0 atom stereocenters. The molecule has 3 N–H and O–H groups in total. The highest BCUT2D eigenvalue weighted by molar-refractivity contribution is 14.1. The van der Waals surface area contributed by atoms with E-state index in [1.165, 1.54) is 0 Å². The second kappa shape index (κ2) is 4.69. The zero-order valence-corrected chi connectivity index (χ0v) is 11.0. The predicted molar refractivity (Wildman–Crippen MR) is 75.8 cm³/mol. The van der Waals surface area contributed by atoms with E-state index in [-0.39, 0.29) is 0 Å². The Morgan fingerprint density at radius 2 is 2.06 bits per heavy atom. The van der Waals surface area contributed by atoms with E-state index in [1.54, 1.807) is 6.20 Å². The number of rotatable bonds is 2. The number of hydrogen-bond acceptors (Lipinski definition) is 3. The molecule has 0 aliphatic heterocycles. The van der Waals surface area contributed by atoms with Crippen LogP contribution in [0.5, 0.6) is 0 Å². The van der Waals surface area contributed by atoms with Crippen LogP contribution in [-0.4, -0.2) is 4.98 Å². The number of halogens is 1. The molecule has 82 valence electrons. The van der Waals surface area contributed by atoms with Gasteiger partial charge in [-0.15, -0.1) is 0 Å². The zero-order valence-electron chi connectivity index (χ0n) is 8.87. The molecule has 1 aromatic heterocycles. The van der Waals surface area contributed by atoms with Gasteiger partial charge >= 0.3 is 0 Å². The van der Waals surface area contributed by atoms with Crippen LogP contribution in [0.2, 0.25) is 0 Å². The first-order valence-electron chi connectivity index (χ1n) is 4.90. The molecule has 0 fully saturated rings. The molecule has 16 heavy (non-hydrogen) atoms. The Balaban J connectivity index is 2.31. The minimum absolute atomic E-state index is 0.666. The smallest absolute Gasteiger partial charge is 0.153 e. The van der Waals surface area contributed by atoms with Crippen LogP contribution in [0.1, 0.15) is 5.56 Å². The summed E-state index contributed by atoms with van der Waals surface area (Å²) in [6.45, 7) is 1.97. The van der Waals surface area contributed by atoms with E-state index in [4.69, 9.17) is 5.73 Å². The van der Waals surface area contributed by atoms with Gasteiger partial charge in [-0.1, -0.05) is 12.1 Å². The largest absolute Gasteiger partial charge is 0.396 e. The summed E-state index contributed by atoms with van der Waals surface area (Å²) in [6.07, 6.45) is 1.80. The fourth-order valence-electron chi connectivity index (χ4n) is 1.39. The van der Waals surface area contributed by atoms with Gasteiger partial charge in [0.2, 0.25) is 0 Å². The molecule has 3 nitrogen and oxygen atoms in total. The molecule has 0 aliphatic rings. The van der Waals surface area contributed by atoms with Crippen molar-refractivity contribution in [3.8, 4) is 0 Å². The minimum atomic E-state index is 0.666. The van der Waals surface area contributed by atoms with Crippen LogP contribution in [-0.2, 0) is 0 Å². The molecular formula is C12H12IN3. The number of hydrogen-bond donors (Lipinski definition) is 2. The lowest BCUT2D eigenvalue weighted by atomic mass is 10.2. The lowest BCUT2D eigenvalue weighted by Crippen LogP contribution is -2.00. The van der Waals surface area contributed by atoms with Gasteiger partial charge < -0.3 is 11.1 Å². The van der Waals surface area contributed by atoms with Crippen molar-refractivity contribution < 1.29 is 0 Å². The van der Waals surface area contributed by atoms with Crippen molar-refractivity contribution in [2.75, 3.05) is 11.1 Å². The highest BCUT2D eigenvalue weighted by atomic mass is 127. The highest BCUT2D eigenvalue weighted by Crippen LogP contribution is 2.24. The lowest BCUT2D eigenvalue weighted by Gasteiger charge is -2.10. The number of benzene rings is 1. The maximum Gasteiger partial charge on any atom is 0.153 e. The monoisotopic (exact) mass is 325 g/mol. The third-order valence-electron chi connectivity index (χ3n) is 2.18. The summed E-state index contributed by atoms with van der Waals surface area (Å²) in [5.41, 5.74) is 8.64. The van der Waals surface area contributed by atoms with Gasteiger partial charge in [0.05, 0.1) is 11.4 Å². The van der Waals surface area contributed by atoms with E-state index >= 15 is 0 Å². The van der Waals surface area contributed by atoms with Crippen LogP contribution in [0, 0.1) is 10.5 Å². The average molecular weight is 325 g/mol. The Morgan fingerprint density at radius 1 is 1.31 bits per heavy atom. The summed E-state index contributed by atoms with van der Waals surface area (Å²) in [6, 6.07) is 9.93. The fraction of sp³-hybridized carbons (Fsp3) is 0.0833. The summed E-state index contributed by atoms with van der Waals surface area (Å²) in [4.78, 5) is 4.27. The maximum atomic E-state index is 5.89. The van der Waals surface area contributed by atoms with Crippen LogP contribution in [0.15, 0.2) is 36.5 Å². The first-order valence-corrected chi connectivity index (χ1v) is 5.98. The van der Waals surface area contributed by atoms with E-state index < -0.39 is 0 Å². The van der Waals surface area contributed by atoms with E-state index in [9.17, 15) is 0 Å². The van der Waals surface area contributed by atoms with Crippen LogP contribution in [0.4, 0.5) is 17.2 Å². The summed E-state index contributed by atoms with van der Waals surface area (Å²) >= 11 is 2.27. The van der Waals surface area contributed by atoms with Gasteiger partial charge in [-0.05, 0) is 53.3 Å². The van der Waals surface area contributed by atoms with E-state index in [2.05, 4.69) is 32.9 Å². The van der Waals surface area contributed by atoms with Crippen molar-refractivity contribution >= 4 is 39.8 Å². The van der Waals surface area contributed by atoms with Gasteiger partial charge in [0.1, 0.15) is 0 Å². The molecule has 0 bridgehead atoms. The van der Waals surface area contributed by atoms with Gasteiger partial charge in [0, 0.05) is 9.77 Å². The van der Waals surface area contributed by atoms with Gasteiger partial charge in [-0.3, -0.25) is 0 Å². The number of aryl methyl sites for hydroxylation is 1. The van der Waals surface area contributed by atoms with E-state index in [0.717, 1.165) is 14.8 Å². The predicted octanol–water partition coefficient (Wildman–Crippen LogP) is 3.32. The molecule has 0 radical (unpaired) electrons. The van der Waals surface area contributed by atoms with E-state index in [0.29, 0.717) is 11.5 Å². The number of nitrogens with one attached hydrogen (secondary N) is 1. The molecule has 2 aromatic rings. The van der Waals surface area contributed by atoms with Crippen LogP contribution in [0.25, 0.3) is 0 Å². The number of anilines is 3. The number of nitrogens with zero attached hydrogens (tertiary/aromatic N) is 1. The molecule has 0 amide bonds. The summed E-state index contributed by atoms with van der Waals surface area (Å²) in [5, 5.41) is 3.22. The number of nitrogen functional groups attached to an aromatic ring is 1. The number of aromatic nitrogens is 1. The third kappa shape index (κ3) is 2.44. The molecule has 0 saturated carbocycles. The Labute approximate surface area is 108 Å². The average Bonchev–Trinajstić information content (AvgIpc) is 2.25. The van der Waals surface area contributed by atoms with Crippen molar-refractivity contribution in [3.05, 3.63) is 45.7 Å². The van der Waals surface area contributed by atoms with Crippen molar-refractivity contribution in [2.24, 2.45) is 0 Å². The zero-order chi connectivity index (χ0) is 11.5. The van der Waals surface area contributed by atoms with E-state index in [1.807, 2.05) is 37.3 Å². The second-order valence-electron chi connectivity index (χ2n) is 3.56. The molecule has 0 aliphatic carbocycles. The Morgan fingerprint density at radius 3 is 2.75 bits per heavy atom. The highest BCUT2D eigenvalue weighted by Gasteiger charge is 2.03. The maximum absolute atomic E-state index is 5.89. The van der Waals surface area contributed by atoms with Crippen LogP contribution >= 0.6 is 22.6 Å². The molecular weight excluding hydrogens is 313 g/mol. The quantitative estimate of drug-likeness (QED) is 0.833. The SMILES string of the molecule is Cc1cnc(Nc2ccccc2I)c(N)c1. The Bertz CT molecular complexity index is 511. The summed E-state index contributed by atoms with van der Waals surface area (Å²) in [7, 11) is 0. The van der Waals surface area contributed by atoms with Crippen molar-refractivity contribution in [3.63, 3.8) is 0 Å². The normalized spacial score (nSPS) is 10.1. The molecule has 1 aromatic carbocycles. The molecule has 1 heterocycles. The van der Waals surface area contributed by atoms with Crippen LogP contribution < -0.4 is 11.1 Å². The molecule has 4 heteroatoms. The van der Waals surface area contributed by atoms with Crippen molar-refractivity contribution in [2.45, 2.75) is 6.92 Å². The third-order valence-corrected chi connectivity index (χ3v) is 3.12. The molecule has 0 saturated heterocycles. The minimum Gasteiger partial charge on any atom is -0.396 e. The first kappa shape index (κ1) is 11.2. The Hall–Kier alpha value is -1.30. The number of nitrogens with two attached hydrogens (primary N) is 1. The van der Waals surface area contributed by atoms with Gasteiger partial charge in [0.25, 0.3) is 0 Å². The van der Waals surface area contributed by atoms with Crippen LogP contribution in [0.3, 0.4) is 0 Å². The topological polar surface area (TPSA) is 50.9 Å². The molecule has 0 spiro atoms. The Kier molecular flexibility index (Phi) is 3.28. The second-order valence-corrected chi connectivity index (χ2v) is 4.72. The number of pyridine rings is 1. The lowest BCUT2D eigenvalue weighted by molar-refractivity contribution is 1.26. The van der Waals surface area contributed by atoms with Crippen molar-refractivity contribution in [1.29, 1.82) is 0 Å². The molecule has 2 rings (SSSR count). The van der Waals surface area contributed by atoms with Gasteiger partial charge in [-0.25, -0.2) is 4.98 Å².